The van der Waals surface area contributed by atoms with Crippen LogP contribution >= 0.6 is 0 Å². The third-order valence-corrected chi connectivity index (χ3v) is 2.65. The van der Waals surface area contributed by atoms with E-state index in [9.17, 15) is 9.59 Å². The second kappa shape index (κ2) is 7.80. The van der Waals surface area contributed by atoms with Crippen molar-refractivity contribution in [1.82, 2.24) is 5.32 Å². The maximum absolute atomic E-state index is 12.1. The van der Waals surface area contributed by atoms with Crippen molar-refractivity contribution in [3.8, 4) is 23.8 Å². The van der Waals surface area contributed by atoms with E-state index in [0.717, 1.165) is 0 Å². The molecule has 0 aliphatic rings. The first-order chi connectivity index (χ1) is 10.0. The SMILES string of the molecule is C#CCC(NC(=O)c1ccc(OC)c(OCC)c1)C(=O)O. The molecule has 0 spiro atoms. The van der Waals surface area contributed by atoms with Gasteiger partial charge in [0.25, 0.3) is 5.91 Å². The quantitative estimate of drug-likeness (QED) is 0.740. The van der Waals surface area contributed by atoms with Crippen molar-refractivity contribution in [3.63, 3.8) is 0 Å². The number of amides is 1. The lowest BCUT2D eigenvalue weighted by molar-refractivity contribution is -0.139. The standard InChI is InChI=1S/C15H17NO5/c1-4-6-11(15(18)19)16-14(17)10-7-8-12(20-3)13(9-10)21-5-2/h1,7-9,11H,5-6H2,2-3H3,(H,16,17)(H,18,19). The maximum atomic E-state index is 12.1. The number of hydrogen-bond donors (Lipinski definition) is 2. The van der Waals surface area contributed by atoms with Gasteiger partial charge < -0.3 is 19.9 Å². The lowest BCUT2D eigenvalue weighted by Crippen LogP contribution is -2.40. The third kappa shape index (κ3) is 4.42. The number of hydrogen-bond acceptors (Lipinski definition) is 4. The van der Waals surface area contributed by atoms with Gasteiger partial charge in [-0.3, -0.25) is 4.79 Å². The van der Waals surface area contributed by atoms with E-state index in [1.54, 1.807) is 13.0 Å². The van der Waals surface area contributed by atoms with Crippen LogP contribution in [0.5, 0.6) is 11.5 Å². The van der Waals surface area contributed by atoms with Crippen LogP contribution in [0.1, 0.15) is 23.7 Å². The van der Waals surface area contributed by atoms with Crippen molar-refractivity contribution in [2.75, 3.05) is 13.7 Å². The van der Waals surface area contributed by atoms with Gasteiger partial charge in [0, 0.05) is 12.0 Å². The van der Waals surface area contributed by atoms with Crippen LogP contribution in [0.15, 0.2) is 18.2 Å². The molecule has 0 saturated carbocycles. The highest BCUT2D eigenvalue weighted by molar-refractivity contribution is 5.97. The molecule has 0 aliphatic heterocycles. The molecular weight excluding hydrogens is 274 g/mol. The summed E-state index contributed by atoms with van der Waals surface area (Å²) in [4.78, 5) is 23.0. The summed E-state index contributed by atoms with van der Waals surface area (Å²) in [6, 6.07) is 3.47. The van der Waals surface area contributed by atoms with E-state index in [2.05, 4.69) is 11.2 Å². The van der Waals surface area contributed by atoms with E-state index < -0.39 is 17.9 Å². The van der Waals surface area contributed by atoms with E-state index in [1.807, 2.05) is 0 Å². The Morgan fingerprint density at radius 1 is 1.43 bits per heavy atom. The summed E-state index contributed by atoms with van der Waals surface area (Å²) >= 11 is 0. The summed E-state index contributed by atoms with van der Waals surface area (Å²) in [5, 5.41) is 11.3. The summed E-state index contributed by atoms with van der Waals surface area (Å²) in [5.74, 6) is 1.40. The number of carboxylic acids is 1. The molecule has 1 unspecified atom stereocenters. The average molecular weight is 291 g/mol. The Hall–Kier alpha value is -2.68. The summed E-state index contributed by atoms with van der Waals surface area (Å²) in [6.07, 6.45) is 4.99. The molecule has 0 bridgehead atoms. The van der Waals surface area contributed by atoms with Crippen LogP contribution < -0.4 is 14.8 Å². The zero-order valence-corrected chi connectivity index (χ0v) is 11.9. The molecule has 0 radical (unpaired) electrons. The van der Waals surface area contributed by atoms with Gasteiger partial charge in [-0.05, 0) is 25.1 Å². The predicted octanol–water partition coefficient (Wildman–Crippen LogP) is 1.30. The van der Waals surface area contributed by atoms with Crippen LogP contribution in [0.4, 0.5) is 0 Å². The molecule has 0 aliphatic carbocycles. The van der Waals surface area contributed by atoms with Crippen molar-refractivity contribution in [3.05, 3.63) is 23.8 Å². The van der Waals surface area contributed by atoms with Gasteiger partial charge >= 0.3 is 5.97 Å². The minimum atomic E-state index is -1.18. The Balaban J connectivity index is 2.94. The predicted molar refractivity (Wildman–Crippen MR) is 76.5 cm³/mol. The zero-order chi connectivity index (χ0) is 15.8. The molecule has 1 rings (SSSR count). The van der Waals surface area contributed by atoms with Gasteiger partial charge in [-0.15, -0.1) is 12.3 Å². The Kier molecular flexibility index (Phi) is 6.08. The fraction of sp³-hybridized carbons (Fsp3) is 0.333. The number of aliphatic carboxylic acids is 1. The number of rotatable bonds is 7. The fourth-order valence-corrected chi connectivity index (χ4v) is 1.65. The van der Waals surface area contributed by atoms with Crippen molar-refractivity contribution >= 4 is 11.9 Å². The Bertz CT molecular complexity index is 562. The summed E-state index contributed by atoms with van der Waals surface area (Å²) in [6.45, 7) is 2.22. The minimum absolute atomic E-state index is 0.0878. The number of ether oxygens (including phenoxy) is 2. The maximum Gasteiger partial charge on any atom is 0.327 e. The van der Waals surface area contributed by atoms with Crippen molar-refractivity contribution in [1.29, 1.82) is 0 Å². The Morgan fingerprint density at radius 3 is 2.67 bits per heavy atom. The minimum Gasteiger partial charge on any atom is -0.493 e. The molecular formula is C15H17NO5. The highest BCUT2D eigenvalue weighted by Gasteiger charge is 2.20. The zero-order valence-electron chi connectivity index (χ0n) is 11.9. The van der Waals surface area contributed by atoms with Crippen LogP contribution in [0.2, 0.25) is 0 Å². The normalized spacial score (nSPS) is 11.1. The lowest BCUT2D eigenvalue weighted by Gasteiger charge is -2.14. The fourth-order valence-electron chi connectivity index (χ4n) is 1.65. The van der Waals surface area contributed by atoms with Crippen LogP contribution in [0.3, 0.4) is 0 Å². The van der Waals surface area contributed by atoms with Gasteiger partial charge in [0.15, 0.2) is 11.5 Å². The molecule has 0 heterocycles. The monoisotopic (exact) mass is 291 g/mol. The van der Waals surface area contributed by atoms with E-state index >= 15 is 0 Å². The molecule has 1 aromatic rings. The lowest BCUT2D eigenvalue weighted by atomic mass is 10.1. The molecule has 0 fully saturated rings. The van der Waals surface area contributed by atoms with Crippen LogP contribution in [0.25, 0.3) is 0 Å². The smallest absolute Gasteiger partial charge is 0.327 e. The molecule has 1 atom stereocenters. The number of methoxy groups -OCH3 is 1. The van der Waals surface area contributed by atoms with Crippen molar-refractivity contribution < 1.29 is 24.2 Å². The van der Waals surface area contributed by atoms with Crippen LogP contribution in [-0.4, -0.2) is 36.7 Å². The second-order valence-electron chi connectivity index (χ2n) is 4.07. The number of benzene rings is 1. The van der Waals surface area contributed by atoms with Crippen molar-refractivity contribution in [2.24, 2.45) is 0 Å². The summed E-state index contributed by atoms with van der Waals surface area (Å²) in [7, 11) is 1.49. The van der Waals surface area contributed by atoms with Gasteiger partial charge in [0.05, 0.1) is 13.7 Å². The highest BCUT2D eigenvalue weighted by Crippen LogP contribution is 2.28. The number of carbonyl (C=O) groups is 2. The van der Waals surface area contributed by atoms with E-state index in [1.165, 1.54) is 19.2 Å². The first-order valence-electron chi connectivity index (χ1n) is 6.31. The molecule has 0 aromatic heterocycles. The first-order valence-corrected chi connectivity index (χ1v) is 6.31. The average Bonchev–Trinajstić information content (AvgIpc) is 2.46. The molecule has 21 heavy (non-hydrogen) atoms. The van der Waals surface area contributed by atoms with Gasteiger partial charge in [-0.25, -0.2) is 4.79 Å². The van der Waals surface area contributed by atoms with Crippen LogP contribution in [-0.2, 0) is 4.79 Å². The van der Waals surface area contributed by atoms with Crippen LogP contribution in [0, 0.1) is 12.3 Å². The number of nitrogens with one attached hydrogen (secondary N) is 1. The molecule has 6 nitrogen and oxygen atoms in total. The largest absolute Gasteiger partial charge is 0.493 e. The number of terminal acetylenes is 1. The van der Waals surface area contributed by atoms with Gasteiger partial charge in [-0.1, -0.05) is 0 Å². The second-order valence-corrected chi connectivity index (χ2v) is 4.07. The topological polar surface area (TPSA) is 84.9 Å². The van der Waals surface area contributed by atoms with E-state index in [-0.39, 0.29) is 12.0 Å². The summed E-state index contributed by atoms with van der Waals surface area (Å²) in [5.41, 5.74) is 0.266. The van der Waals surface area contributed by atoms with E-state index in [4.69, 9.17) is 21.0 Å². The molecule has 1 aromatic carbocycles. The first kappa shape index (κ1) is 16.4. The Labute approximate surface area is 123 Å². The molecule has 2 N–H and O–H groups in total. The third-order valence-electron chi connectivity index (χ3n) is 2.65. The molecule has 6 heteroatoms. The molecule has 0 saturated heterocycles. The van der Waals surface area contributed by atoms with Gasteiger partial charge in [0.2, 0.25) is 0 Å². The number of carboxylic acid groups (broad SMARTS) is 1. The van der Waals surface area contributed by atoms with Gasteiger partial charge in [-0.2, -0.15) is 0 Å². The Morgan fingerprint density at radius 2 is 2.14 bits per heavy atom. The number of carbonyl (C=O) groups excluding carboxylic acids is 1. The van der Waals surface area contributed by atoms with E-state index in [0.29, 0.717) is 18.1 Å². The highest BCUT2D eigenvalue weighted by atomic mass is 16.5. The summed E-state index contributed by atoms with van der Waals surface area (Å²) < 4.78 is 10.5. The molecule has 1 amide bonds. The van der Waals surface area contributed by atoms with Gasteiger partial charge in [0.1, 0.15) is 6.04 Å². The van der Waals surface area contributed by atoms with Crippen molar-refractivity contribution in [2.45, 2.75) is 19.4 Å². The molecule has 112 valence electrons.